The molecule has 1 aromatic carbocycles. The number of nitrogens with zero attached hydrogens (tertiary/aromatic N) is 2. The number of ether oxygens (including phenoxy) is 1. The van der Waals surface area contributed by atoms with E-state index in [0.29, 0.717) is 32.1 Å². The summed E-state index contributed by atoms with van der Waals surface area (Å²) in [7, 11) is 0. The van der Waals surface area contributed by atoms with Gasteiger partial charge in [0.1, 0.15) is 11.9 Å². The minimum absolute atomic E-state index is 0.0679. The zero-order valence-corrected chi connectivity index (χ0v) is 14.1. The van der Waals surface area contributed by atoms with E-state index in [2.05, 4.69) is 13.0 Å². The number of amides is 2. The van der Waals surface area contributed by atoms with Crippen LogP contribution in [0.3, 0.4) is 0 Å². The van der Waals surface area contributed by atoms with E-state index in [1.807, 2.05) is 28.0 Å². The van der Waals surface area contributed by atoms with Gasteiger partial charge in [-0.15, -0.1) is 0 Å². The molecule has 5 heteroatoms. The molecular formula is C19H24N2O3. The van der Waals surface area contributed by atoms with Crippen molar-refractivity contribution < 1.29 is 14.3 Å². The van der Waals surface area contributed by atoms with Gasteiger partial charge in [-0.1, -0.05) is 25.1 Å². The maximum Gasteiger partial charge on any atom is 0.228 e. The van der Waals surface area contributed by atoms with Gasteiger partial charge in [-0.2, -0.15) is 0 Å². The Balaban J connectivity index is 1.29. The van der Waals surface area contributed by atoms with E-state index >= 15 is 0 Å². The number of para-hydroxylation sites is 1. The predicted molar refractivity (Wildman–Crippen MR) is 89.7 cm³/mol. The molecule has 4 rings (SSSR count). The van der Waals surface area contributed by atoms with Crippen LogP contribution in [0.25, 0.3) is 0 Å². The molecule has 1 aromatic rings. The van der Waals surface area contributed by atoms with Crippen LogP contribution in [0, 0.1) is 5.92 Å². The highest BCUT2D eigenvalue weighted by molar-refractivity contribution is 5.90. The molecule has 0 bridgehead atoms. The fourth-order valence-corrected chi connectivity index (χ4v) is 3.68. The number of hydrogen-bond acceptors (Lipinski definition) is 3. The normalized spacial score (nSPS) is 24.2. The Morgan fingerprint density at radius 1 is 1.21 bits per heavy atom. The lowest BCUT2D eigenvalue weighted by Gasteiger charge is -2.40. The maximum atomic E-state index is 12.6. The van der Waals surface area contributed by atoms with E-state index in [1.54, 1.807) is 0 Å². The lowest BCUT2D eigenvalue weighted by Crippen LogP contribution is -2.57. The Bertz CT molecular complexity index is 650. The molecule has 2 saturated heterocycles. The molecule has 0 radical (unpaired) electrons. The van der Waals surface area contributed by atoms with E-state index in [4.69, 9.17) is 4.74 Å². The minimum atomic E-state index is -0.151. The number of benzene rings is 1. The van der Waals surface area contributed by atoms with Crippen LogP contribution in [-0.4, -0.2) is 53.4 Å². The second-order valence-electron chi connectivity index (χ2n) is 7.12. The van der Waals surface area contributed by atoms with Gasteiger partial charge in [0.05, 0.1) is 19.0 Å². The molecule has 0 N–H and O–H groups in total. The number of hydrogen-bond donors (Lipinski definition) is 0. The van der Waals surface area contributed by atoms with Crippen molar-refractivity contribution in [1.82, 2.24) is 9.80 Å². The van der Waals surface area contributed by atoms with Crippen LogP contribution in [0.4, 0.5) is 0 Å². The summed E-state index contributed by atoms with van der Waals surface area (Å²) >= 11 is 0. The van der Waals surface area contributed by atoms with Crippen molar-refractivity contribution in [3.8, 4) is 5.75 Å². The summed E-state index contributed by atoms with van der Waals surface area (Å²) in [6.07, 6.45) is 3.59. The topological polar surface area (TPSA) is 49.9 Å². The molecule has 1 saturated carbocycles. The monoisotopic (exact) mass is 328 g/mol. The van der Waals surface area contributed by atoms with Crippen LogP contribution in [0.5, 0.6) is 5.75 Å². The molecule has 1 aliphatic carbocycles. The smallest absolute Gasteiger partial charge is 0.228 e. The third kappa shape index (κ3) is 2.87. The predicted octanol–water partition coefficient (Wildman–Crippen LogP) is 1.85. The van der Waals surface area contributed by atoms with Crippen molar-refractivity contribution in [1.29, 1.82) is 0 Å². The van der Waals surface area contributed by atoms with Gasteiger partial charge >= 0.3 is 0 Å². The summed E-state index contributed by atoms with van der Waals surface area (Å²) in [5, 5.41) is 0. The fourth-order valence-electron chi connectivity index (χ4n) is 3.68. The summed E-state index contributed by atoms with van der Waals surface area (Å²) in [6.45, 7) is 3.99. The lowest BCUT2D eigenvalue weighted by atomic mass is 10.0. The van der Waals surface area contributed by atoms with Gasteiger partial charge in [0, 0.05) is 19.0 Å². The molecule has 2 aliphatic heterocycles. The fraction of sp³-hybridized carbons (Fsp3) is 0.579. The maximum absolute atomic E-state index is 12.6. The van der Waals surface area contributed by atoms with E-state index in [-0.39, 0.29) is 23.8 Å². The molecule has 3 aliphatic rings. The van der Waals surface area contributed by atoms with Gasteiger partial charge in [0.2, 0.25) is 11.8 Å². The van der Waals surface area contributed by atoms with Crippen LogP contribution in [0.1, 0.15) is 31.7 Å². The first-order chi connectivity index (χ1) is 11.7. The molecule has 128 valence electrons. The summed E-state index contributed by atoms with van der Waals surface area (Å²) in [4.78, 5) is 28.3. The highest BCUT2D eigenvalue weighted by atomic mass is 16.5. The van der Waals surface area contributed by atoms with Crippen molar-refractivity contribution in [3.05, 3.63) is 29.8 Å². The second-order valence-corrected chi connectivity index (χ2v) is 7.12. The SMILES string of the molecule is CCc1ccccc1OC1CN(C(=O)C2CC(=O)N(C3CC3)C2)C1. The molecule has 1 atom stereocenters. The third-order valence-corrected chi connectivity index (χ3v) is 5.30. The molecule has 24 heavy (non-hydrogen) atoms. The zero-order chi connectivity index (χ0) is 16.7. The quantitative estimate of drug-likeness (QED) is 0.829. The first-order valence-electron chi connectivity index (χ1n) is 8.98. The Labute approximate surface area is 142 Å². The summed E-state index contributed by atoms with van der Waals surface area (Å²) < 4.78 is 6.03. The van der Waals surface area contributed by atoms with E-state index in [1.165, 1.54) is 5.56 Å². The summed E-state index contributed by atoms with van der Waals surface area (Å²) in [6, 6.07) is 8.48. The first-order valence-corrected chi connectivity index (χ1v) is 8.98. The standard InChI is InChI=1S/C19H24N2O3/c1-2-13-5-3-4-6-17(13)24-16-11-20(12-16)19(23)14-9-18(22)21(10-14)15-7-8-15/h3-6,14-16H,2,7-12H2,1H3. The van der Waals surface area contributed by atoms with Gasteiger partial charge in [-0.05, 0) is 30.9 Å². The number of likely N-dealkylation sites (tertiary alicyclic amines) is 2. The molecule has 1 unspecified atom stereocenters. The molecule has 0 spiro atoms. The van der Waals surface area contributed by atoms with Gasteiger partial charge in [-0.25, -0.2) is 0 Å². The molecule has 3 fully saturated rings. The average Bonchev–Trinajstić information content (AvgIpc) is 3.32. The molecule has 5 nitrogen and oxygen atoms in total. The van der Waals surface area contributed by atoms with E-state index < -0.39 is 0 Å². The Kier molecular flexibility index (Phi) is 3.94. The third-order valence-electron chi connectivity index (χ3n) is 5.30. The van der Waals surface area contributed by atoms with Gasteiger partial charge in [0.25, 0.3) is 0 Å². The van der Waals surface area contributed by atoms with Crippen molar-refractivity contribution in [3.63, 3.8) is 0 Å². The summed E-state index contributed by atoms with van der Waals surface area (Å²) in [5.41, 5.74) is 1.20. The van der Waals surface area contributed by atoms with E-state index in [9.17, 15) is 9.59 Å². The van der Waals surface area contributed by atoms with Crippen LogP contribution in [0.2, 0.25) is 0 Å². The van der Waals surface area contributed by atoms with Crippen LogP contribution in [-0.2, 0) is 16.0 Å². The zero-order valence-electron chi connectivity index (χ0n) is 14.1. The largest absolute Gasteiger partial charge is 0.486 e. The van der Waals surface area contributed by atoms with Gasteiger partial charge < -0.3 is 14.5 Å². The number of carbonyl (C=O) groups is 2. The number of rotatable bonds is 5. The Hall–Kier alpha value is -2.04. The lowest BCUT2D eigenvalue weighted by molar-refractivity contribution is -0.144. The van der Waals surface area contributed by atoms with Crippen LogP contribution < -0.4 is 4.74 Å². The van der Waals surface area contributed by atoms with Crippen molar-refractivity contribution in [2.75, 3.05) is 19.6 Å². The van der Waals surface area contributed by atoms with Crippen molar-refractivity contribution in [2.45, 2.75) is 44.8 Å². The van der Waals surface area contributed by atoms with Crippen LogP contribution in [0.15, 0.2) is 24.3 Å². The van der Waals surface area contributed by atoms with Crippen LogP contribution >= 0.6 is 0 Å². The summed E-state index contributed by atoms with van der Waals surface area (Å²) in [5.74, 6) is 1.05. The molecule has 0 aromatic heterocycles. The minimum Gasteiger partial charge on any atom is -0.486 e. The molecule has 2 heterocycles. The second kappa shape index (κ2) is 6.11. The highest BCUT2D eigenvalue weighted by Crippen LogP contribution is 2.34. The van der Waals surface area contributed by atoms with Gasteiger partial charge in [-0.3, -0.25) is 9.59 Å². The van der Waals surface area contributed by atoms with E-state index in [0.717, 1.165) is 25.0 Å². The number of carbonyl (C=O) groups excluding carboxylic acids is 2. The Morgan fingerprint density at radius 2 is 1.96 bits per heavy atom. The first kappa shape index (κ1) is 15.5. The average molecular weight is 328 g/mol. The Morgan fingerprint density at radius 3 is 2.67 bits per heavy atom. The molecular weight excluding hydrogens is 304 g/mol. The molecule has 2 amide bonds. The van der Waals surface area contributed by atoms with Crippen molar-refractivity contribution >= 4 is 11.8 Å². The highest BCUT2D eigenvalue weighted by Gasteiger charge is 2.45. The number of aryl methyl sites for hydroxylation is 1. The van der Waals surface area contributed by atoms with Crippen molar-refractivity contribution in [2.24, 2.45) is 5.92 Å². The van der Waals surface area contributed by atoms with Gasteiger partial charge in [0.15, 0.2) is 0 Å².